The Labute approximate surface area is 204 Å². The molecule has 0 radical (unpaired) electrons. The van der Waals surface area contributed by atoms with Crippen LogP contribution in [0.4, 0.5) is 11.4 Å². The molecule has 1 aliphatic carbocycles. The molecule has 2 fully saturated rings. The lowest BCUT2D eigenvalue weighted by atomic mass is 9.78. The lowest BCUT2D eigenvalue weighted by Gasteiger charge is -2.22. The van der Waals surface area contributed by atoms with E-state index in [1.165, 1.54) is 4.90 Å². The van der Waals surface area contributed by atoms with Gasteiger partial charge in [-0.2, -0.15) is 0 Å². The summed E-state index contributed by atoms with van der Waals surface area (Å²) in [4.78, 5) is 54.6. The first-order valence-corrected chi connectivity index (χ1v) is 12.0. The van der Waals surface area contributed by atoms with Gasteiger partial charge in [0.05, 0.1) is 23.4 Å². The van der Waals surface area contributed by atoms with E-state index in [0.717, 1.165) is 16.8 Å². The van der Waals surface area contributed by atoms with Gasteiger partial charge < -0.3 is 9.64 Å². The van der Waals surface area contributed by atoms with E-state index in [0.29, 0.717) is 12.1 Å². The lowest BCUT2D eigenvalue weighted by molar-refractivity contribution is -0.139. The van der Waals surface area contributed by atoms with Crippen LogP contribution in [0, 0.1) is 37.5 Å². The van der Waals surface area contributed by atoms with E-state index in [1.807, 2.05) is 51.1 Å². The molecule has 7 nitrogen and oxygen atoms in total. The van der Waals surface area contributed by atoms with Gasteiger partial charge in [0.15, 0.2) is 0 Å². The van der Waals surface area contributed by atoms with E-state index in [1.54, 1.807) is 29.2 Å². The number of amides is 3. The zero-order valence-electron chi connectivity index (χ0n) is 20.1. The van der Waals surface area contributed by atoms with Crippen molar-refractivity contribution in [2.45, 2.75) is 33.6 Å². The van der Waals surface area contributed by atoms with Gasteiger partial charge in [-0.05, 0) is 55.5 Å². The lowest BCUT2D eigenvalue weighted by Crippen LogP contribution is -2.31. The number of esters is 1. The highest BCUT2D eigenvalue weighted by Crippen LogP contribution is 2.41. The number of rotatable bonds is 4. The minimum Gasteiger partial charge on any atom is -0.426 e. The van der Waals surface area contributed by atoms with Crippen molar-refractivity contribution in [3.05, 3.63) is 65.7 Å². The van der Waals surface area contributed by atoms with Gasteiger partial charge in [-0.3, -0.25) is 19.2 Å². The number of carbonyl (C=O) groups is 4. The van der Waals surface area contributed by atoms with Crippen LogP contribution in [0.25, 0.3) is 0 Å². The second-order valence-electron chi connectivity index (χ2n) is 9.71. The van der Waals surface area contributed by atoms with Crippen molar-refractivity contribution in [1.29, 1.82) is 0 Å². The molecule has 2 aliphatic heterocycles. The monoisotopic (exact) mass is 472 g/mol. The number of hydrogen-bond acceptors (Lipinski definition) is 5. The summed E-state index contributed by atoms with van der Waals surface area (Å²) in [6, 6.07) is 12.3. The van der Waals surface area contributed by atoms with E-state index < -0.39 is 11.9 Å². The molecular formula is C28H28N2O5. The third-order valence-electron chi connectivity index (χ3n) is 7.49. The van der Waals surface area contributed by atoms with Gasteiger partial charge >= 0.3 is 5.97 Å². The molecule has 35 heavy (non-hydrogen) atoms. The first-order chi connectivity index (χ1) is 16.8. The van der Waals surface area contributed by atoms with Gasteiger partial charge in [0.25, 0.3) is 0 Å². The maximum atomic E-state index is 13.1. The highest BCUT2D eigenvalue weighted by Gasteiger charge is 2.50. The van der Waals surface area contributed by atoms with Gasteiger partial charge in [0, 0.05) is 24.7 Å². The molecule has 7 heteroatoms. The summed E-state index contributed by atoms with van der Waals surface area (Å²) in [6.45, 7) is 6.15. The normalized spacial score (nSPS) is 25.9. The predicted molar refractivity (Wildman–Crippen MR) is 131 cm³/mol. The number of benzene rings is 2. The van der Waals surface area contributed by atoms with Crippen molar-refractivity contribution in [3.63, 3.8) is 0 Å². The molecule has 0 aromatic heterocycles. The molecule has 2 aromatic carbocycles. The van der Waals surface area contributed by atoms with Crippen molar-refractivity contribution in [2.24, 2.45) is 23.7 Å². The summed E-state index contributed by atoms with van der Waals surface area (Å²) in [7, 11) is 0. The maximum absolute atomic E-state index is 13.1. The third kappa shape index (κ3) is 3.95. The molecule has 3 amide bonds. The van der Waals surface area contributed by atoms with E-state index in [4.69, 9.17) is 4.74 Å². The average molecular weight is 473 g/mol. The van der Waals surface area contributed by atoms with Crippen molar-refractivity contribution in [3.8, 4) is 5.75 Å². The van der Waals surface area contributed by atoms with E-state index in [9.17, 15) is 19.2 Å². The molecule has 5 rings (SSSR count). The van der Waals surface area contributed by atoms with Crippen LogP contribution in [-0.2, 0) is 19.2 Å². The Bertz CT molecular complexity index is 1270. The molecule has 180 valence electrons. The van der Waals surface area contributed by atoms with Crippen molar-refractivity contribution in [1.82, 2.24) is 0 Å². The zero-order chi connectivity index (χ0) is 24.9. The number of imide groups is 1. The fraction of sp³-hybridized carbons (Fsp3) is 0.357. The Morgan fingerprint density at radius 1 is 1.03 bits per heavy atom. The van der Waals surface area contributed by atoms with Crippen LogP contribution in [0.2, 0.25) is 0 Å². The van der Waals surface area contributed by atoms with Crippen LogP contribution in [0.5, 0.6) is 5.75 Å². The van der Waals surface area contributed by atoms with E-state index >= 15 is 0 Å². The molecule has 0 unspecified atom stereocenters. The second kappa shape index (κ2) is 8.80. The summed E-state index contributed by atoms with van der Waals surface area (Å²) in [5.41, 5.74) is 3.29. The molecule has 0 saturated carbocycles. The van der Waals surface area contributed by atoms with Crippen molar-refractivity contribution < 1.29 is 23.9 Å². The standard InChI is InChI=1S/C28H28N2O5/c1-16-7-5-12-23(18(16)3)29-15-19(13-24(29)31)28(34)35-21-10-6-9-20(14-21)30-26(32)22-11-4-8-17(2)25(22)27(30)33/h4-10,12,14,17,19,22,25H,11,13,15H2,1-3H3/t17-,19+,22+,25-/m0/s1. The zero-order valence-corrected chi connectivity index (χ0v) is 20.1. The molecule has 0 spiro atoms. The first-order valence-electron chi connectivity index (χ1n) is 12.0. The Morgan fingerprint density at radius 2 is 1.80 bits per heavy atom. The summed E-state index contributed by atoms with van der Waals surface area (Å²) < 4.78 is 5.62. The Balaban J connectivity index is 1.31. The molecule has 2 heterocycles. The first kappa shape index (κ1) is 23.0. The maximum Gasteiger partial charge on any atom is 0.316 e. The van der Waals surface area contributed by atoms with Gasteiger partial charge in [-0.1, -0.05) is 37.3 Å². The predicted octanol–water partition coefficient (Wildman–Crippen LogP) is 3.96. The second-order valence-corrected chi connectivity index (χ2v) is 9.71. The number of allylic oxidation sites excluding steroid dienone is 2. The van der Waals surface area contributed by atoms with Crippen LogP contribution in [0.15, 0.2) is 54.6 Å². The van der Waals surface area contributed by atoms with Gasteiger partial charge in [0.1, 0.15) is 5.75 Å². The van der Waals surface area contributed by atoms with E-state index in [2.05, 4.69) is 0 Å². The van der Waals surface area contributed by atoms with Crippen LogP contribution in [0.3, 0.4) is 0 Å². The minimum atomic E-state index is -0.601. The summed E-state index contributed by atoms with van der Waals surface area (Å²) >= 11 is 0. The van der Waals surface area contributed by atoms with Crippen LogP contribution >= 0.6 is 0 Å². The fourth-order valence-corrected chi connectivity index (χ4v) is 5.41. The SMILES string of the molecule is Cc1cccc(N2C[C@H](C(=O)Oc3cccc(N4C(=O)[C@H]5[C@@H](C)C=CC[C@H]5C4=O)c3)CC2=O)c1C. The number of hydrogen-bond donors (Lipinski definition) is 0. The number of anilines is 2. The fourth-order valence-electron chi connectivity index (χ4n) is 5.41. The summed E-state index contributed by atoms with van der Waals surface area (Å²) in [5.74, 6) is -2.13. The summed E-state index contributed by atoms with van der Waals surface area (Å²) in [5, 5.41) is 0. The topological polar surface area (TPSA) is 84.0 Å². The van der Waals surface area contributed by atoms with Crippen LogP contribution in [0.1, 0.15) is 30.9 Å². The third-order valence-corrected chi connectivity index (χ3v) is 7.49. The van der Waals surface area contributed by atoms with Crippen LogP contribution < -0.4 is 14.5 Å². The number of fused-ring (bicyclic) bond motifs is 1. The number of aryl methyl sites for hydroxylation is 1. The number of carbonyl (C=O) groups excluding carboxylic acids is 4. The largest absolute Gasteiger partial charge is 0.426 e. The molecule has 2 saturated heterocycles. The number of ether oxygens (including phenoxy) is 1. The van der Waals surface area contributed by atoms with Crippen molar-refractivity contribution in [2.75, 3.05) is 16.3 Å². The van der Waals surface area contributed by atoms with Gasteiger partial charge in [-0.15, -0.1) is 0 Å². The molecular weight excluding hydrogens is 444 g/mol. The van der Waals surface area contributed by atoms with Crippen molar-refractivity contribution >= 4 is 35.1 Å². The molecule has 2 aromatic rings. The number of nitrogens with zero attached hydrogens (tertiary/aromatic N) is 2. The molecule has 0 bridgehead atoms. The summed E-state index contributed by atoms with van der Waals surface area (Å²) in [6.07, 6.45) is 4.57. The highest BCUT2D eigenvalue weighted by atomic mass is 16.5. The molecule has 3 aliphatic rings. The highest BCUT2D eigenvalue weighted by molar-refractivity contribution is 6.22. The van der Waals surface area contributed by atoms with Gasteiger partial charge in [-0.25, -0.2) is 4.90 Å². The average Bonchev–Trinajstić information content (AvgIpc) is 3.34. The van der Waals surface area contributed by atoms with Gasteiger partial charge in [0.2, 0.25) is 17.7 Å². The van der Waals surface area contributed by atoms with Crippen LogP contribution in [-0.4, -0.2) is 30.2 Å². The Morgan fingerprint density at radius 3 is 2.57 bits per heavy atom. The Hall–Kier alpha value is -3.74. The quantitative estimate of drug-likeness (QED) is 0.291. The minimum absolute atomic E-state index is 0.00361. The molecule has 4 atom stereocenters. The van der Waals surface area contributed by atoms with E-state index in [-0.39, 0.29) is 54.2 Å². The smallest absolute Gasteiger partial charge is 0.316 e. The molecule has 0 N–H and O–H groups in total. The Kier molecular flexibility index (Phi) is 5.79.